The molecule has 88 valence electrons. The molecule has 0 saturated heterocycles. The highest BCUT2D eigenvalue weighted by molar-refractivity contribution is 5.49. The minimum atomic E-state index is 0.836. The quantitative estimate of drug-likeness (QED) is 0.838. The zero-order valence-corrected chi connectivity index (χ0v) is 10.6. The Labute approximate surface area is 98.7 Å². The monoisotopic (exact) mass is 218 g/mol. The predicted molar refractivity (Wildman–Crippen MR) is 70.1 cm³/mol. The van der Waals surface area contributed by atoms with Crippen molar-refractivity contribution in [3.05, 3.63) is 29.3 Å². The summed E-state index contributed by atoms with van der Waals surface area (Å²) >= 11 is 0. The number of benzene rings is 1. The Hall–Kier alpha value is -1.02. The van der Waals surface area contributed by atoms with Gasteiger partial charge in [-0.25, -0.2) is 0 Å². The van der Waals surface area contributed by atoms with E-state index in [2.05, 4.69) is 42.5 Å². The van der Waals surface area contributed by atoms with Gasteiger partial charge in [0.2, 0.25) is 0 Å². The number of hydrogen-bond donors (Lipinski definition) is 1. The van der Waals surface area contributed by atoms with Gasteiger partial charge in [-0.3, -0.25) is 0 Å². The van der Waals surface area contributed by atoms with Crippen molar-refractivity contribution in [1.82, 2.24) is 4.90 Å². The molecule has 0 aliphatic heterocycles. The van der Waals surface area contributed by atoms with E-state index in [-0.39, 0.29) is 0 Å². The van der Waals surface area contributed by atoms with Crippen LogP contribution >= 0.6 is 0 Å². The Kier molecular flexibility index (Phi) is 3.49. The van der Waals surface area contributed by atoms with Crippen molar-refractivity contribution >= 4 is 5.69 Å². The van der Waals surface area contributed by atoms with Crippen LogP contribution in [0.25, 0.3) is 0 Å². The normalized spacial score (nSPS) is 19.6. The van der Waals surface area contributed by atoms with Crippen LogP contribution in [0.15, 0.2) is 18.2 Å². The van der Waals surface area contributed by atoms with Crippen LogP contribution in [0.3, 0.4) is 0 Å². The molecule has 0 spiro atoms. The summed E-state index contributed by atoms with van der Waals surface area (Å²) in [5.41, 5.74) is 4.34. The van der Waals surface area contributed by atoms with E-state index >= 15 is 0 Å². The Morgan fingerprint density at radius 3 is 2.81 bits per heavy atom. The Balaban J connectivity index is 2.09. The fourth-order valence-corrected chi connectivity index (χ4v) is 2.66. The Bertz CT molecular complexity index is 358. The third-order valence-corrected chi connectivity index (χ3v) is 3.45. The van der Waals surface area contributed by atoms with E-state index in [1.54, 1.807) is 11.1 Å². The first-order valence-electron chi connectivity index (χ1n) is 6.13. The lowest BCUT2D eigenvalue weighted by Crippen LogP contribution is -2.26. The predicted octanol–water partition coefficient (Wildman–Crippen LogP) is 2.39. The standard InChI is InChI=1S/C14H22N2/c1-15-14-7-6-12-8-11(10-16(2)3)4-5-13(12)9-14/h6-7,9,11,15H,4-5,8,10H2,1-3H3. The van der Waals surface area contributed by atoms with Crippen LogP contribution in [0.5, 0.6) is 0 Å². The van der Waals surface area contributed by atoms with E-state index in [4.69, 9.17) is 0 Å². The number of anilines is 1. The van der Waals surface area contributed by atoms with Crippen molar-refractivity contribution in [2.24, 2.45) is 5.92 Å². The van der Waals surface area contributed by atoms with Gasteiger partial charge in [0, 0.05) is 19.3 Å². The molecular weight excluding hydrogens is 196 g/mol. The molecule has 2 rings (SSSR count). The van der Waals surface area contributed by atoms with Gasteiger partial charge in [-0.1, -0.05) is 6.07 Å². The van der Waals surface area contributed by atoms with Crippen LogP contribution in [0.2, 0.25) is 0 Å². The Morgan fingerprint density at radius 2 is 2.12 bits per heavy atom. The van der Waals surface area contributed by atoms with Crippen molar-refractivity contribution in [2.45, 2.75) is 19.3 Å². The first kappa shape index (κ1) is 11.5. The topological polar surface area (TPSA) is 15.3 Å². The zero-order valence-electron chi connectivity index (χ0n) is 10.6. The van der Waals surface area contributed by atoms with Crippen LogP contribution in [0, 0.1) is 5.92 Å². The SMILES string of the molecule is CNc1ccc2c(c1)CCC(CN(C)C)C2. The smallest absolute Gasteiger partial charge is 0.0340 e. The largest absolute Gasteiger partial charge is 0.388 e. The average Bonchev–Trinajstić information content (AvgIpc) is 2.27. The lowest BCUT2D eigenvalue weighted by Gasteiger charge is -2.27. The van der Waals surface area contributed by atoms with Crippen molar-refractivity contribution in [3.8, 4) is 0 Å². The molecule has 0 saturated carbocycles. The summed E-state index contributed by atoms with van der Waals surface area (Å²) in [7, 11) is 6.32. The summed E-state index contributed by atoms with van der Waals surface area (Å²) in [5.74, 6) is 0.836. The molecule has 0 bridgehead atoms. The second kappa shape index (κ2) is 4.88. The van der Waals surface area contributed by atoms with Gasteiger partial charge in [-0.15, -0.1) is 0 Å². The number of rotatable bonds is 3. The molecule has 1 aromatic rings. The van der Waals surface area contributed by atoms with Crippen LogP contribution in [-0.4, -0.2) is 32.6 Å². The molecule has 2 heteroatoms. The highest BCUT2D eigenvalue weighted by Gasteiger charge is 2.19. The third-order valence-electron chi connectivity index (χ3n) is 3.45. The molecule has 1 aliphatic rings. The third kappa shape index (κ3) is 2.56. The van der Waals surface area contributed by atoms with E-state index in [1.807, 2.05) is 7.05 Å². The molecule has 0 radical (unpaired) electrons. The fraction of sp³-hybridized carbons (Fsp3) is 0.571. The van der Waals surface area contributed by atoms with Crippen LogP contribution < -0.4 is 5.32 Å². The lowest BCUT2D eigenvalue weighted by molar-refractivity contribution is 0.303. The molecule has 1 unspecified atom stereocenters. The van der Waals surface area contributed by atoms with E-state index in [1.165, 1.54) is 31.5 Å². The number of aryl methyl sites for hydroxylation is 1. The number of nitrogens with zero attached hydrogens (tertiary/aromatic N) is 1. The molecule has 1 aliphatic carbocycles. The highest BCUT2D eigenvalue weighted by Crippen LogP contribution is 2.27. The van der Waals surface area contributed by atoms with Gasteiger partial charge in [0.1, 0.15) is 0 Å². The first-order chi connectivity index (χ1) is 7.69. The molecular formula is C14H22N2. The van der Waals surface area contributed by atoms with Gasteiger partial charge in [-0.2, -0.15) is 0 Å². The summed E-state index contributed by atoms with van der Waals surface area (Å²) < 4.78 is 0. The maximum atomic E-state index is 3.21. The zero-order chi connectivity index (χ0) is 11.5. The van der Waals surface area contributed by atoms with Gasteiger partial charge in [-0.05, 0) is 62.5 Å². The summed E-state index contributed by atoms with van der Waals surface area (Å²) in [6.45, 7) is 1.22. The highest BCUT2D eigenvalue weighted by atomic mass is 15.1. The molecule has 2 nitrogen and oxygen atoms in total. The minimum absolute atomic E-state index is 0.836. The number of fused-ring (bicyclic) bond motifs is 1. The number of nitrogens with one attached hydrogen (secondary N) is 1. The molecule has 1 aromatic carbocycles. The van der Waals surface area contributed by atoms with E-state index < -0.39 is 0 Å². The molecule has 1 N–H and O–H groups in total. The first-order valence-corrected chi connectivity index (χ1v) is 6.13. The van der Waals surface area contributed by atoms with E-state index in [9.17, 15) is 0 Å². The van der Waals surface area contributed by atoms with Gasteiger partial charge in [0.15, 0.2) is 0 Å². The van der Waals surface area contributed by atoms with Crippen LogP contribution in [-0.2, 0) is 12.8 Å². The van der Waals surface area contributed by atoms with Gasteiger partial charge in [0.25, 0.3) is 0 Å². The van der Waals surface area contributed by atoms with Gasteiger partial charge >= 0.3 is 0 Å². The summed E-state index contributed by atoms with van der Waals surface area (Å²) in [6, 6.07) is 6.79. The van der Waals surface area contributed by atoms with E-state index in [0.29, 0.717) is 0 Å². The fourth-order valence-electron chi connectivity index (χ4n) is 2.66. The van der Waals surface area contributed by atoms with Crippen molar-refractivity contribution in [3.63, 3.8) is 0 Å². The minimum Gasteiger partial charge on any atom is -0.388 e. The second-order valence-corrected chi connectivity index (χ2v) is 5.10. The van der Waals surface area contributed by atoms with Crippen LogP contribution in [0.4, 0.5) is 5.69 Å². The molecule has 0 amide bonds. The summed E-state index contributed by atoms with van der Waals surface area (Å²) in [4.78, 5) is 2.30. The van der Waals surface area contributed by atoms with Gasteiger partial charge in [0.05, 0.1) is 0 Å². The summed E-state index contributed by atoms with van der Waals surface area (Å²) in [6.07, 6.45) is 3.82. The average molecular weight is 218 g/mol. The van der Waals surface area contributed by atoms with Crippen LogP contribution in [0.1, 0.15) is 17.5 Å². The molecule has 0 heterocycles. The molecule has 0 fully saturated rings. The second-order valence-electron chi connectivity index (χ2n) is 5.10. The summed E-state index contributed by atoms with van der Waals surface area (Å²) in [5, 5.41) is 3.21. The lowest BCUT2D eigenvalue weighted by atomic mass is 9.83. The van der Waals surface area contributed by atoms with Crippen molar-refractivity contribution in [1.29, 1.82) is 0 Å². The van der Waals surface area contributed by atoms with Gasteiger partial charge < -0.3 is 10.2 Å². The van der Waals surface area contributed by atoms with Crippen molar-refractivity contribution in [2.75, 3.05) is 33.0 Å². The van der Waals surface area contributed by atoms with E-state index in [0.717, 1.165) is 5.92 Å². The van der Waals surface area contributed by atoms with Crippen molar-refractivity contribution < 1.29 is 0 Å². The Morgan fingerprint density at radius 1 is 1.31 bits per heavy atom. The number of hydrogen-bond acceptors (Lipinski definition) is 2. The molecule has 16 heavy (non-hydrogen) atoms. The molecule has 1 atom stereocenters. The maximum absolute atomic E-state index is 3.21. The maximum Gasteiger partial charge on any atom is 0.0340 e. The molecule has 0 aromatic heterocycles.